The number of anilines is 3. The van der Waals surface area contributed by atoms with Crippen LogP contribution >= 0.6 is 0 Å². The predicted molar refractivity (Wildman–Crippen MR) is 141 cm³/mol. The van der Waals surface area contributed by atoms with E-state index in [1.54, 1.807) is 0 Å². The van der Waals surface area contributed by atoms with Crippen molar-refractivity contribution in [3.8, 4) is 0 Å². The SMILES string of the molecule is Cc1ccc2cccc(Nc3ncnc(N(Cc4ccccc4)Cc4ccccc4)c3[N+](=O)[O-])c2n1. The molecule has 5 aromatic rings. The van der Waals surface area contributed by atoms with Crippen LogP contribution in [-0.2, 0) is 13.1 Å². The molecule has 8 heteroatoms. The summed E-state index contributed by atoms with van der Waals surface area (Å²) in [5, 5.41) is 16.5. The zero-order chi connectivity index (χ0) is 24.9. The number of pyridine rings is 1. The summed E-state index contributed by atoms with van der Waals surface area (Å²) in [7, 11) is 0. The number of aryl methyl sites for hydroxylation is 1. The summed E-state index contributed by atoms with van der Waals surface area (Å²) < 4.78 is 0. The summed E-state index contributed by atoms with van der Waals surface area (Å²) in [6.45, 7) is 2.80. The summed E-state index contributed by atoms with van der Waals surface area (Å²) in [6.07, 6.45) is 1.36. The Kier molecular flexibility index (Phi) is 6.48. The Bertz CT molecular complexity index is 1470. The maximum absolute atomic E-state index is 12.4. The van der Waals surface area contributed by atoms with Crippen LogP contribution in [0.5, 0.6) is 0 Å². The lowest BCUT2D eigenvalue weighted by molar-refractivity contribution is -0.383. The number of para-hydroxylation sites is 1. The molecule has 0 saturated carbocycles. The minimum atomic E-state index is -0.426. The normalized spacial score (nSPS) is 10.8. The Morgan fingerprint density at radius 3 is 2.14 bits per heavy atom. The van der Waals surface area contributed by atoms with Gasteiger partial charge in [-0.1, -0.05) is 78.9 Å². The van der Waals surface area contributed by atoms with Gasteiger partial charge in [0.1, 0.15) is 6.33 Å². The molecule has 0 atom stereocenters. The van der Waals surface area contributed by atoms with Gasteiger partial charge in [-0.25, -0.2) is 9.97 Å². The van der Waals surface area contributed by atoms with E-state index in [2.05, 4.69) is 20.3 Å². The van der Waals surface area contributed by atoms with Crippen LogP contribution in [0.25, 0.3) is 10.9 Å². The van der Waals surface area contributed by atoms with Crippen molar-refractivity contribution in [2.75, 3.05) is 10.2 Å². The first kappa shape index (κ1) is 22.9. The van der Waals surface area contributed by atoms with Crippen LogP contribution in [0.3, 0.4) is 0 Å². The Morgan fingerprint density at radius 1 is 0.833 bits per heavy atom. The van der Waals surface area contributed by atoms with E-state index < -0.39 is 4.92 Å². The fourth-order valence-corrected chi connectivity index (χ4v) is 4.15. The summed E-state index contributed by atoms with van der Waals surface area (Å²) in [4.78, 5) is 27.2. The second-order valence-corrected chi connectivity index (χ2v) is 8.43. The zero-order valence-electron chi connectivity index (χ0n) is 19.7. The number of nitrogens with one attached hydrogen (secondary N) is 1. The molecular weight excluding hydrogens is 452 g/mol. The molecule has 5 rings (SSSR count). The number of hydrogen-bond acceptors (Lipinski definition) is 7. The average molecular weight is 477 g/mol. The molecule has 0 aliphatic rings. The second kappa shape index (κ2) is 10.2. The molecule has 8 nitrogen and oxygen atoms in total. The van der Waals surface area contributed by atoms with Gasteiger partial charge < -0.3 is 10.2 Å². The Hall–Kier alpha value is -4.85. The van der Waals surface area contributed by atoms with Crippen molar-refractivity contribution in [1.82, 2.24) is 15.0 Å². The van der Waals surface area contributed by atoms with E-state index in [-0.39, 0.29) is 17.3 Å². The van der Waals surface area contributed by atoms with Gasteiger partial charge in [-0.05, 0) is 30.2 Å². The lowest BCUT2D eigenvalue weighted by Gasteiger charge is -2.24. The molecule has 0 aliphatic heterocycles. The molecule has 0 spiro atoms. The van der Waals surface area contributed by atoms with E-state index in [0.29, 0.717) is 18.8 Å². The van der Waals surface area contributed by atoms with Gasteiger partial charge in [0, 0.05) is 24.2 Å². The Morgan fingerprint density at radius 2 is 1.50 bits per heavy atom. The van der Waals surface area contributed by atoms with Gasteiger partial charge in [-0.15, -0.1) is 0 Å². The van der Waals surface area contributed by atoms with Crippen LogP contribution in [-0.4, -0.2) is 19.9 Å². The molecule has 0 aliphatic carbocycles. The van der Waals surface area contributed by atoms with E-state index >= 15 is 0 Å². The topological polar surface area (TPSA) is 97.1 Å². The highest BCUT2D eigenvalue weighted by atomic mass is 16.6. The fraction of sp³-hybridized carbons (Fsp3) is 0.107. The molecule has 36 heavy (non-hydrogen) atoms. The van der Waals surface area contributed by atoms with Gasteiger partial charge in [-0.2, -0.15) is 0 Å². The number of hydrogen-bond donors (Lipinski definition) is 1. The van der Waals surface area contributed by atoms with Crippen molar-refractivity contribution in [3.63, 3.8) is 0 Å². The van der Waals surface area contributed by atoms with Crippen molar-refractivity contribution in [1.29, 1.82) is 0 Å². The number of nitro groups is 1. The molecule has 2 heterocycles. The van der Waals surface area contributed by atoms with E-state index in [9.17, 15) is 10.1 Å². The van der Waals surface area contributed by atoms with Crippen LogP contribution in [0.2, 0.25) is 0 Å². The zero-order valence-corrected chi connectivity index (χ0v) is 19.7. The van der Waals surface area contributed by atoms with Crippen LogP contribution in [0.1, 0.15) is 16.8 Å². The number of rotatable bonds is 8. The highest BCUT2D eigenvalue weighted by Gasteiger charge is 2.28. The maximum atomic E-state index is 12.4. The van der Waals surface area contributed by atoms with Crippen molar-refractivity contribution in [3.05, 3.63) is 124 Å². The molecule has 0 amide bonds. The van der Waals surface area contributed by atoms with Crippen LogP contribution in [0.15, 0.2) is 97.3 Å². The summed E-state index contributed by atoms with van der Waals surface area (Å²) in [6, 6.07) is 29.3. The summed E-state index contributed by atoms with van der Waals surface area (Å²) in [5.74, 6) is 0.363. The van der Waals surface area contributed by atoms with Crippen LogP contribution in [0, 0.1) is 17.0 Å². The number of nitrogens with zero attached hydrogens (tertiary/aromatic N) is 5. The van der Waals surface area contributed by atoms with Crippen molar-refractivity contribution in [2.24, 2.45) is 0 Å². The molecular formula is C28H24N6O2. The smallest absolute Gasteiger partial charge is 0.342 e. The third kappa shape index (κ3) is 4.97. The predicted octanol–water partition coefficient (Wildman–Crippen LogP) is 6.19. The quantitative estimate of drug-likeness (QED) is 0.211. The average Bonchev–Trinajstić information content (AvgIpc) is 2.89. The number of aromatic nitrogens is 3. The highest BCUT2D eigenvalue weighted by Crippen LogP contribution is 2.36. The van der Waals surface area contributed by atoms with Crippen molar-refractivity contribution < 1.29 is 4.92 Å². The third-order valence-electron chi connectivity index (χ3n) is 5.83. The molecule has 0 radical (unpaired) electrons. The van der Waals surface area contributed by atoms with E-state index in [0.717, 1.165) is 27.7 Å². The monoisotopic (exact) mass is 476 g/mol. The van der Waals surface area contributed by atoms with E-state index in [1.807, 2.05) is 103 Å². The first-order chi connectivity index (χ1) is 17.6. The first-order valence-corrected chi connectivity index (χ1v) is 11.5. The van der Waals surface area contributed by atoms with Crippen molar-refractivity contribution >= 4 is 33.9 Å². The molecule has 2 aromatic heterocycles. The lowest BCUT2D eigenvalue weighted by Crippen LogP contribution is -2.24. The minimum absolute atomic E-state index is 0.118. The molecule has 0 saturated heterocycles. The Labute approximate surface area is 208 Å². The van der Waals surface area contributed by atoms with Gasteiger partial charge in [-0.3, -0.25) is 15.1 Å². The molecule has 1 N–H and O–H groups in total. The van der Waals surface area contributed by atoms with Gasteiger partial charge in [0.15, 0.2) is 0 Å². The van der Waals surface area contributed by atoms with Crippen molar-refractivity contribution in [2.45, 2.75) is 20.0 Å². The molecule has 0 unspecified atom stereocenters. The van der Waals surface area contributed by atoms with Crippen LogP contribution < -0.4 is 10.2 Å². The van der Waals surface area contributed by atoms with Gasteiger partial charge in [0.25, 0.3) is 0 Å². The number of fused-ring (bicyclic) bond motifs is 1. The maximum Gasteiger partial charge on any atom is 0.353 e. The highest BCUT2D eigenvalue weighted by molar-refractivity contribution is 5.93. The largest absolute Gasteiger partial charge is 0.353 e. The van der Waals surface area contributed by atoms with E-state index in [4.69, 9.17) is 0 Å². The standard InChI is InChI=1S/C28H24N6O2/c1-20-15-16-23-13-8-14-24(25(23)31-20)32-27-26(34(35)36)28(30-19-29-27)33(17-21-9-4-2-5-10-21)18-22-11-6-3-7-12-22/h2-16,19H,17-18H2,1H3,(H,29,30,32). The van der Waals surface area contributed by atoms with Gasteiger partial charge in [0.05, 0.1) is 16.1 Å². The van der Waals surface area contributed by atoms with Gasteiger partial charge in [0.2, 0.25) is 11.6 Å². The van der Waals surface area contributed by atoms with Crippen LogP contribution in [0.4, 0.5) is 23.0 Å². The second-order valence-electron chi connectivity index (χ2n) is 8.43. The third-order valence-corrected chi connectivity index (χ3v) is 5.83. The molecule has 0 bridgehead atoms. The Balaban J connectivity index is 1.59. The summed E-state index contributed by atoms with van der Waals surface area (Å²) in [5.41, 5.74) is 4.06. The van der Waals surface area contributed by atoms with Gasteiger partial charge >= 0.3 is 5.69 Å². The number of benzene rings is 3. The molecule has 0 fully saturated rings. The minimum Gasteiger partial charge on any atom is -0.342 e. The lowest BCUT2D eigenvalue weighted by atomic mass is 10.1. The fourth-order valence-electron chi connectivity index (χ4n) is 4.15. The molecule has 178 valence electrons. The van der Waals surface area contributed by atoms with E-state index in [1.165, 1.54) is 6.33 Å². The first-order valence-electron chi connectivity index (χ1n) is 11.5. The molecule has 3 aromatic carbocycles. The summed E-state index contributed by atoms with van der Waals surface area (Å²) >= 11 is 0.